The first-order chi connectivity index (χ1) is 5.79. The van der Waals surface area contributed by atoms with E-state index in [0.717, 1.165) is 16.5 Å². The standard InChI is InChI=1S/C10H10O2/c1-7(11)9-6-12-10-5-3-2-4-8(9)10/h2-7,11H,1H3. The Bertz CT molecular complexity index is 387. The molecule has 62 valence electrons. The first-order valence-corrected chi connectivity index (χ1v) is 3.93. The van der Waals surface area contributed by atoms with Gasteiger partial charge < -0.3 is 9.52 Å². The van der Waals surface area contributed by atoms with E-state index in [1.807, 2.05) is 24.3 Å². The average Bonchev–Trinajstić information content (AvgIpc) is 2.47. The molecule has 0 aliphatic heterocycles. The Morgan fingerprint density at radius 2 is 2.08 bits per heavy atom. The molecule has 0 saturated carbocycles. The predicted octanol–water partition coefficient (Wildman–Crippen LogP) is 2.49. The fourth-order valence-electron chi connectivity index (χ4n) is 1.32. The maximum atomic E-state index is 9.35. The van der Waals surface area contributed by atoms with Crippen LogP contribution in [0, 0.1) is 0 Å². The van der Waals surface area contributed by atoms with Crippen LogP contribution in [-0.4, -0.2) is 5.11 Å². The van der Waals surface area contributed by atoms with Gasteiger partial charge in [0.05, 0.1) is 12.4 Å². The molecule has 2 rings (SSSR count). The van der Waals surface area contributed by atoms with E-state index >= 15 is 0 Å². The van der Waals surface area contributed by atoms with Crippen LogP contribution in [0.4, 0.5) is 0 Å². The molecular formula is C10H10O2. The first-order valence-electron chi connectivity index (χ1n) is 3.93. The van der Waals surface area contributed by atoms with Crippen molar-refractivity contribution in [3.05, 3.63) is 36.1 Å². The lowest BCUT2D eigenvalue weighted by molar-refractivity contribution is 0.199. The summed E-state index contributed by atoms with van der Waals surface area (Å²) in [6.07, 6.45) is 1.14. The summed E-state index contributed by atoms with van der Waals surface area (Å²) in [5.41, 5.74) is 1.68. The molecule has 0 fully saturated rings. The number of fused-ring (bicyclic) bond motifs is 1. The van der Waals surface area contributed by atoms with Crippen LogP contribution in [0.25, 0.3) is 11.0 Å². The van der Waals surface area contributed by atoms with Gasteiger partial charge in [0.1, 0.15) is 5.58 Å². The van der Waals surface area contributed by atoms with Crippen LogP contribution in [0.15, 0.2) is 34.9 Å². The molecule has 0 saturated heterocycles. The summed E-state index contributed by atoms with van der Waals surface area (Å²) in [6, 6.07) is 7.68. The van der Waals surface area contributed by atoms with E-state index in [9.17, 15) is 5.11 Å². The summed E-state index contributed by atoms with van der Waals surface area (Å²) in [7, 11) is 0. The van der Waals surface area contributed by atoms with E-state index in [2.05, 4.69) is 0 Å². The smallest absolute Gasteiger partial charge is 0.134 e. The van der Waals surface area contributed by atoms with Gasteiger partial charge >= 0.3 is 0 Å². The van der Waals surface area contributed by atoms with Crippen molar-refractivity contribution in [2.45, 2.75) is 13.0 Å². The molecule has 0 aliphatic carbocycles. The Labute approximate surface area is 70.4 Å². The predicted molar refractivity (Wildman–Crippen MR) is 46.8 cm³/mol. The molecular weight excluding hydrogens is 152 g/mol. The number of hydrogen-bond donors (Lipinski definition) is 1. The highest BCUT2D eigenvalue weighted by atomic mass is 16.3. The summed E-state index contributed by atoms with van der Waals surface area (Å²) in [5.74, 6) is 0. The molecule has 1 aromatic carbocycles. The number of benzene rings is 1. The molecule has 1 atom stereocenters. The average molecular weight is 162 g/mol. The number of aliphatic hydroxyl groups is 1. The zero-order chi connectivity index (χ0) is 8.55. The third-order valence-electron chi connectivity index (χ3n) is 1.96. The third kappa shape index (κ3) is 1.01. The van der Waals surface area contributed by atoms with Crippen molar-refractivity contribution in [1.29, 1.82) is 0 Å². The lowest BCUT2D eigenvalue weighted by Crippen LogP contribution is -1.87. The number of aliphatic hydroxyl groups excluding tert-OH is 1. The SMILES string of the molecule is CC(O)c1coc2ccccc12. The molecule has 1 heterocycles. The monoisotopic (exact) mass is 162 g/mol. The lowest BCUT2D eigenvalue weighted by Gasteiger charge is -1.98. The van der Waals surface area contributed by atoms with Gasteiger partial charge in [-0.15, -0.1) is 0 Å². The Hall–Kier alpha value is -1.28. The van der Waals surface area contributed by atoms with E-state index in [0.29, 0.717) is 0 Å². The molecule has 0 radical (unpaired) electrons. The van der Waals surface area contributed by atoms with Crippen LogP contribution < -0.4 is 0 Å². The van der Waals surface area contributed by atoms with Gasteiger partial charge in [-0.25, -0.2) is 0 Å². The Kier molecular flexibility index (Phi) is 1.62. The van der Waals surface area contributed by atoms with Crippen molar-refractivity contribution in [1.82, 2.24) is 0 Å². The highest BCUT2D eigenvalue weighted by molar-refractivity contribution is 5.81. The van der Waals surface area contributed by atoms with Gasteiger partial charge in [0, 0.05) is 10.9 Å². The van der Waals surface area contributed by atoms with Gasteiger partial charge in [-0.1, -0.05) is 18.2 Å². The summed E-state index contributed by atoms with van der Waals surface area (Å²) < 4.78 is 5.25. The van der Waals surface area contributed by atoms with Crippen molar-refractivity contribution in [3.63, 3.8) is 0 Å². The van der Waals surface area contributed by atoms with Gasteiger partial charge in [0.2, 0.25) is 0 Å². The Morgan fingerprint density at radius 1 is 1.33 bits per heavy atom. The van der Waals surface area contributed by atoms with Gasteiger partial charge in [-0.3, -0.25) is 0 Å². The van der Waals surface area contributed by atoms with E-state index in [1.54, 1.807) is 13.2 Å². The van der Waals surface area contributed by atoms with Crippen LogP contribution in [0.5, 0.6) is 0 Å². The molecule has 2 nitrogen and oxygen atoms in total. The fraction of sp³-hybridized carbons (Fsp3) is 0.200. The highest BCUT2D eigenvalue weighted by Gasteiger charge is 2.08. The highest BCUT2D eigenvalue weighted by Crippen LogP contribution is 2.25. The quantitative estimate of drug-likeness (QED) is 0.698. The molecule has 1 N–H and O–H groups in total. The molecule has 2 aromatic rings. The molecule has 12 heavy (non-hydrogen) atoms. The molecule has 0 spiro atoms. The Balaban J connectivity index is 2.70. The number of hydrogen-bond acceptors (Lipinski definition) is 2. The van der Waals surface area contributed by atoms with Crippen LogP contribution in [0.2, 0.25) is 0 Å². The van der Waals surface area contributed by atoms with Crippen molar-refractivity contribution in [2.75, 3.05) is 0 Å². The van der Waals surface area contributed by atoms with Gasteiger partial charge in [0.25, 0.3) is 0 Å². The van der Waals surface area contributed by atoms with E-state index in [-0.39, 0.29) is 0 Å². The van der Waals surface area contributed by atoms with Crippen LogP contribution in [-0.2, 0) is 0 Å². The number of rotatable bonds is 1. The van der Waals surface area contributed by atoms with Gasteiger partial charge in [-0.05, 0) is 13.0 Å². The minimum atomic E-state index is -0.464. The molecule has 2 heteroatoms. The van der Waals surface area contributed by atoms with E-state index in [4.69, 9.17) is 4.42 Å². The fourth-order valence-corrected chi connectivity index (χ4v) is 1.32. The summed E-state index contributed by atoms with van der Waals surface area (Å²) >= 11 is 0. The minimum absolute atomic E-state index is 0.464. The van der Waals surface area contributed by atoms with Gasteiger partial charge in [-0.2, -0.15) is 0 Å². The zero-order valence-corrected chi connectivity index (χ0v) is 6.82. The normalized spacial score (nSPS) is 13.5. The largest absolute Gasteiger partial charge is 0.464 e. The first kappa shape index (κ1) is 7.37. The molecule has 0 amide bonds. The van der Waals surface area contributed by atoms with Crippen molar-refractivity contribution in [3.8, 4) is 0 Å². The maximum Gasteiger partial charge on any atom is 0.134 e. The topological polar surface area (TPSA) is 33.4 Å². The third-order valence-corrected chi connectivity index (χ3v) is 1.96. The van der Waals surface area contributed by atoms with Crippen molar-refractivity contribution < 1.29 is 9.52 Å². The summed E-state index contributed by atoms with van der Waals surface area (Å²) in [6.45, 7) is 1.73. The maximum absolute atomic E-state index is 9.35. The van der Waals surface area contributed by atoms with Crippen molar-refractivity contribution >= 4 is 11.0 Å². The summed E-state index contributed by atoms with van der Waals surface area (Å²) in [5, 5.41) is 10.3. The molecule has 0 bridgehead atoms. The van der Waals surface area contributed by atoms with E-state index < -0.39 is 6.10 Å². The molecule has 0 aliphatic rings. The van der Waals surface area contributed by atoms with Crippen molar-refractivity contribution in [2.24, 2.45) is 0 Å². The van der Waals surface area contributed by atoms with Gasteiger partial charge in [0.15, 0.2) is 0 Å². The van der Waals surface area contributed by atoms with Crippen LogP contribution >= 0.6 is 0 Å². The van der Waals surface area contributed by atoms with E-state index in [1.165, 1.54) is 0 Å². The second kappa shape index (κ2) is 2.64. The molecule has 1 aromatic heterocycles. The van der Waals surface area contributed by atoms with Crippen LogP contribution in [0.3, 0.4) is 0 Å². The number of para-hydroxylation sites is 1. The Morgan fingerprint density at radius 3 is 2.83 bits per heavy atom. The number of furan rings is 1. The molecule has 1 unspecified atom stereocenters. The second-order valence-electron chi connectivity index (χ2n) is 2.86. The zero-order valence-electron chi connectivity index (χ0n) is 6.82. The minimum Gasteiger partial charge on any atom is -0.464 e. The second-order valence-corrected chi connectivity index (χ2v) is 2.86. The summed E-state index contributed by atoms with van der Waals surface area (Å²) in [4.78, 5) is 0. The van der Waals surface area contributed by atoms with Crippen LogP contribution in [0.1, 0.15) is 18.6 Å². The lowest BCUT2D eigenvalue weighted by atomic mass is 10.1.